The van der Waals surface area contributed by atoms with E-state index in [4.69, 9.17) is 4.74 Å². The number of fused-ring (bicyclic) bond motifs is 1. The minimum Gasteiger partial charge on any atom is -0.495 e. The number of pyridine rings is 1. The fourth-order valence-electron chi connectivity index (χ4n) is 2.05. The molecule has 1 fully saturated rings. The molecule has 1 aliphatic carbocycles. The highest BCUT2D eigenvalue weighted by Gasteiger charge is 2.25. The van der Waals surface area contributed by atoms with Crippen LogP contribution in [0.1, 0.15) is 23.2 Å². The predicted molar refractivity (Wildman–Crippen MR) is 71.6 cm³/mol. The Hall–Kier alpha value is -2.30. The fraction of sp³-hybridized carbons (Fsp3) is 0.286. The van der Waals surface area contributed by atoms with E-state index in [0.717, 1.165) is 12.8 Å². The Bertz CT molecular complexity index is 701. The van der Waals surface area contributed by atoms with Crippen molar-refractivity contribution in [1.82, 2.24) is 10.3 Å². The molecule has 5 nitrogen and oxygen atoms in total. The molecular weight excluding hydrogens is 244 g/mol. The van der Waals surface area contributed by atoms with Gasteiger partial charge in [0.15, 0.2) is 0 Å². The summed E-state index contributed by atoms with van der Waals surface area (Å²) in [5.74, 6) is 0.275. The van der Waals surface area contributed by atoms with Crippen molar-refractivity contribution < 1.29 is 9.53 Å². The Morgan fingerprint density at radius 3 is 2.89 bits per heavy atom. The van der Waals surface area contributed by atoms with E-state index < -0.39 is 0 Å². The molecule has 1 aromatic carbocycles. The summed E-state index contributed by atoms with van der Waals surface area (Å²) in [4.78, 5) is 27.2. The van der Waals surface area contributed by atoms with Crippen LogP contribution in [0.15, 0.2) is 29.2 Å². The van der Waals surface area contributed by atoms with Crippen LogP contribution in [0.2, 0.25) is 0 Å². The van der Waals surface area contributed by atoms with Crippen molar-refractivity contribution >= 4 is 16.8 Å². The van der Waals surface area contributed by atoms with Crippen LogP contribution in [-0.2, 0) is 0 Å². The number of aromatic amines is 1. The first-order valence-corrected chi connectivity index (χ1v) is 6.20. The molecule has 5 heteroatoms. The van der Waals surface area contributed by atoms with Crippen LogP contribution in [0.3, 0.4) is 0 Å². The lowest BCUT2D eigenvalue weighted by molar-refractivity contribution is 0.0950. The van der Waals surface area contributed by atoms with E-state index in [9.17, 15) is 9.59 Å². The number of benzene rings is 1. The Morgan fingerprint density at radius 2 is 2.21 bits per heavy atom. The van der Waals surface area contributed by atoms with Gasteiger partial charge in [0.2, 0.25) is 5.43 Å². The molecule has 1 aliphatic rings. The van der Waals surface area contributed by atoms with Gasteiger partial charge in [0.05, 0.1) is 18.0 Å². The molecule has 2 N–H and O–H groups in total. The molecule has 1 amide bonds. The Balaban J connectivity index is 2.10. The van der Waals surface area contributed by atoms with Crippen molar-refractivity contribution in [3.05, 3.63) is 40.2 Å². The second kappa shape index (κ2) is 4.42. The molecule has 2 aromatic rings. The summed E-state index contributed by atoms with van der Waals surface area (Å²) in [6.07, 6.45) is 3.43. The summed E-state index contributed by atoms with van der Waals surface area (Å²) in [5.41, 5.74) is 0.483. The molecular formula is C14H14N2O3. The number of rotatable bonds is 3. The van der Waals surface area contributed by atoms with Gasteiger partial charge in [-0.15, -0.1) is 0 Å². The molecule has 0 radical (unpaired) electrons. The van der Waals surface area contributed by atoms with Crippen LogP contribution >= 0.6 is 0 Å². The molecule has 98 valence electrons. The van der Waals surface area contributed by atoms with Crippen molar-refractivity contribution in [1.29, 1.82) is 0 Å². The third-order valence-corrected chi connectivity index (χ3v) is 3.25. The second-order valence-electron chi connectivity index (χ2n) is 4.66. The van der Waals surface area contributed by atoms with Crippen LogP contribution in [0.4, 0.5) is 0 Å². The van der Waals surface area contributed by atoms with Gasteiger partial charge in [-0.1, -0.05) is 6.07 Å². The number of hydrogen-bond donors (Lipinski definition) is 2. The normalized spacial score (nSPS) is 14.4. The number of carbonyl (C=O) groups is 1. The largest absolute Gasteiger partial charge is 0.495 e. The summed E-state index contributed by atoms with van der Waals surface area (Å²) in [6, 6.07) is 5.42. The van der Waals surface area contributed by atoms with Gasteiger partial charge in [0.25, 0.3) is 5.91 Å². The van der Waals surface area contributed by atoms with E-state index in [1.165, 1.54) is 6.20 Å². The molecule has 0 spiro atoms. The molecule has 0 bridgehead atoms. The number of hydrogen-bond acceptors (Lipinski definition) is 3. The van der Waals surface area contributed by atoms with Gasteiger partial charge in [-0.3, -0.25) is 9.59 Å². The van der Waals surface area contributed by atoms with Crippen molar-refractivity contribution in [3.63, 3.8) is 0 Å². The maximum Gasteiger partial charge on any atom is 0.256 e. The lowest BCUT2D eigenvalue weighted by atomic mass is 10.1. The number of H-pyrrole nitrogens is 1. The quantitative estimate of drug-likeness (QED) is 0.874. The Morgan fingerprint density at radius 1 is 1.42 bits per heavy atom. The highest BCUT2D eigenvalue weighted by atomic mass is 16.5. The maximum absolute atomic E-state index is 12.3. The summed E-state index contributed by atoms with van der Waals surface area (Å²) in [6.45, 7) is 0. The number of aromatic nitrogens is 1. The Labute approximate surface area is 109 Å². The van der Waals surface area contributed by atoms with E-state index in [1.807, 2.05) is 0 Å². The molecule has 0 saturated heterocycles. The van der Waals surface area contributed by atoms with Gasteiger partial charge in [-0.05, 0) is 25.0 Å². The molecule has 1 saturated carbocycles. The first-order valence-electron chi connectivity index (χ1n) is 6.20. The summed E-state index contributed by atoms with van der Waals surface area (Å²) >= 11 is 0. The number of methoxy groups -OCH3 is 1. The zero-order chi connectivity index (χ0) is 13.4. The van der Waals surface area contributed by atoms with Gasteiger partial charge in [0, 0.05) is 12.2 Å². The van der Waals surface area contributed by atoms with E-state index >= 15 is 0 Å². The summed E-state index contributed by atoms with van der Waals surface area (Å²) in [5, 5.41) is 3.28. The molecule has 3 rings (SSSR count). The average Bonchev–Trinajstić information content (AvgIpc) is 3.22. The van der Waals surface area contributed by atoms with Crippen molar-refractivity contribution in [3.8, 4) is 5.75 Å². The summed E-state index contributed by atoms with van der Waals surface area (Å²) < 4.78 is 5.19. The third kappa shape index (κ3) is 2.07. The van der Waals surface area contributed by atoms with Crippen molar-refractivity contribution in [2.24, 2.45) is 0 Å². The van der Waals surface area contributed by atoms with Crippen LogP contribution < -0.4 is 15.5 Å². The maximum atomic E-state index is 12.3. The molecule has 0 aliphatic heterocycles. The number of nitrogens with one attached hydrogen (secondary N) is 2. The van der Waals surface area contributed by atoms with E-state index in [1.54, 1.807) is 25.3 Å². The SMILES string of the molecule is COc1cccc2c(=O)c(C(=O)NC3CC3)c[nH]c12. The highest BCUT2D eigenvalue weighted by molar-refractivity contribution is 5.98. The predicted octanol–water partition coefficient (Wildman–Crippen LogP) is 1.43. The van der Waals surface area contributed by atoms with Gasteiger partial charge in [-0.2, -0.15) is 0 Å². The smallest absolute Gasteiger partial charge is 0.256 e. The molecule has 1 heterocycles. The number of para-hydroxylation sites is 1. The van der Waals surface area contributed by atoms with Crippen LogP contribution in [0.25, 0.3) is 10.9 Å². The minimum absolute atomic E-state index is 0.146. The third-order valence-electron chi connectivity index (χ3n) is 3.25. The minimum atomic E-state index is -0.312. The first-order chi connectivity index (χ1) is 9.20. The molecule has 0 atom stereocenters. The highest BCUT2D eigenvalue weighted by Crippen LogP contribution is 2.22. The second-order valence-corrected chi connectivity index (χ2v) is 4.66. The zero-order valence-corrected chi connectivity index (χ0v) is 10.5. The zero-order valence-electron chi connectivity index (χ0n) is 10.5. The van der Waals surface area contributed by atoms with Gasteiger partial charge in [0.1, 0.15) is 11.3 Å². The summed E-state index contributed by atoms with van der Waals surface area (Å²) in [7, 11) is 1.54. The van der Waals surface area contributed by atoms with Gasteiger partial charge in [-0.25, -0.2) is 0 Å². The first kappa shape index (κ1) is 11.8. The average molecular weight is 258 g/mol. The molecule has 19 heavy (non-hydrogen) atoms. The van der Waals surface area contributed by atoms with Crippen LogP contribution in [0, 0.1) is 0 Å². The Kier molecular flexibility index (Phi) is 2.74. The monoisotopic (exact) mass is 258 g/mol. The van der Waals surface area contributed by atoms with Gasteiger partial charge < -0.3 is 15.0 Å². The molecule has 0 unspecified atom stereocenters. The van der Waals surface area contributed by atoms with Crippen LogP contribution in [0.5, 0.6) is 5.75 Å². The topological polar surface area (TPSA) is 71.2 Å². The standard InChI is InChI=1S/C14H14N2O3/c1-19-11-4-2-3-9-12(11)15-7-10(13(9)17)14(18)16-8-5-6-8/h2-4,7-8H,5-6H2,1H3,(H,15,17)(H,16,18). The molecule has 1 aromatic heterocycles. The van der Waals surface area contributed by atoms with E-state index in [-0.39, 0.29) is 22.9 Å². The van der Waals surface area contributed by atoms with E-state index in [2.05, 4.69) is 10.3 Å². The van der Waals surface area contributed by atoms with Crippen LogP contribution in [-0.4, -0.2) is 24.0 Å². The van der Waals surface area contributed by atoms with Crippen molar-refractivity contribution in [2.45, 2.75) is 18.9 Å². The number of ether oxygens (including phenoxy) is 1. The lowest BCUT2D eigenvalue weighted by Crippen LogP contribution is -2.30. The fourth-order valence-corrected chi connectivity index (χ4v) is 2.05. The van der Waals surface area contributed by atoms with Gasteiger partial charge >= 0.3 is 0 Å². The van der Waals surface area contributed by atoms with E-state index in [0.29, 0.717) is 16.7 Å². The number of carbonyl (C=O) groups excluding carboxylic acids is 1. The van der Waals surface area contributed by atoms with Crippen molar-refractivity contribution in [2.75, 3.05) is 7.11 Å². The number of amides is 1. The lowest BCUT2D eigenvalue weighted by Gasteiger charge is -2.07.